The highest BCUT2D eigenvalue weighted by atomic mass is 16.2. The van der Waals surface area contributed by atoms with Crippen LogP contribution in [0.3, 0.4) is 0 Å². The molecule has 3 amide bonds. The molecule has 1 aromatic carbocycles. The van der Waals surface area contributed by atoms with Gasteiger partial charge in [-0.25, -0.2) is 4.79 Å². The molecule has 6 nitrogen and oxygen atoms in total. The fourth-order valence-electron chi connectivity index (χ4n) is 4.84. The first-order chi connectivity index (χ1) is 13.9. The van der Waals surface area contributed by atoms with Crippen LogP contribution in [0.5, 0.6) is 0 Å². The summed E-state index contributed by atoms with van der Waals surface area (Å²) in [5.74, 6) is 0.552. The minimum atomic E-state index is -0.00969. The van der Waals surface area contributed by atoms with Gasteiger partial charge in [-0.2, -0.15) is 0 Å². The molecular formula is C23H28N4O2. The molecule has 2 aliphatic heterocycles. The van der Waals surface area contributed by atoms with E-state index >= 15 is 0 Å². The van der Waals surface area contributed by atoms with Crippen LogP contribution in [0.4, 0.5) is 4.79 Å². The molecule has 0 spiro atoms. The maximum absolute atomic E-state index is 13.1. The van der Waals surface area contributed by atoms with Crippen molar-refractivity contribution >= 4 is 11.9 Å². The van der Waals surface area contributed by atoms with Gasteiger partial charge in [0, 0.05) is 58.0 Å². The number of nitrogens with zero attached hydrogens (tertiary/aromatic N) is 4. The molecule has 2 aliphatic rings. The number of benzene rings is 1. The molecule has 3 atom stereocenters. The number of likely N-dealkylation sites (tertiary alicyclic amines) is 2. The van der Waals surface area contributed by atoms with E-state index in [1.165, 1.54) is 11.1 Å². The Morgan fingerprint density at radius 2 is 1.83 bits per heavy atom. The van der Waals surface area contributed by atoms with Crippen LogP contribution in [-0.2, 0) is 0 Å². The molecule has 0 N–H and O–H groups in total. The highest BCUT2D eigenvalue weighted by Crippen LogP contribution is 2.46. The van der Waals surface area contributed by atoms with Crippen molar-refractivity contribution in [3.63, 3.8) is 0 Å². The summed E-state index contributed by atoms with van der Waals surface area (Å²) in [7, 11) is 3.60. The van der Waals surface area contributed by atoms with Gasteiger partial charge in [-0.1, -0.05) is 24.3 Å². The van der Waals surface area contributed by atoms with Gasteiger partial charge >= 0.3 is 6.03 Å². The van der Waals surface area contributed by atoms with E-state index in [0.29, 0.717) is 25.2 Å². The zero-order valence-corrected chi connectivity index (χ0v) is 17.5. The standard InChI is InChI=1S/C23H28N4O2/c1-15-9-17(11-24-10-15)22(28)26-12-18-13-27(23(29)25(3)4)21(20(18)14-26)19-8-6-5-7-16(19)2/h5-11,18,20-21H,12-14H2,1-4H3/t18-,20-,21+/m1/s1. The normalized spacial score (nSPS) is 23.2. The van der Waals surface area contributed by atoms with E-state index in [1.54, 1.807) is 31.4 Å². The second kappa shape index (κ2) is 7.50. The summed E-state index contributed by atoms with van der Waals surface area (Å²) in [6.45, 7) is 6.06. The number of rotatable bonds is 2. The van der Waals surface area contributed by atoms with E-state index in [4.69, 9.17) is 0 Å². The van der Waals surface area contributed by atoms with Gasteiger partial charge in [0.25, 0.3) is 5.91 Å². The van der Waals surface area contributed by atoms with Crippen LogP contribution in [0.2, 0.25) is 0 Å². The van der Waals surface area contributed by atoms with Crippen LogP contribution >= 0.6 is 0 Å². The van der Waals surface area contributed by atoms with E-state index < -0.39 is 0 Å². The first-order valence-electron chi connectivity index (χ1n) is 10.1. The molecule has 2 fully saturated rings. The van der Waals surface area contributed by atoms with Crippen molar-refractivity contribution in [3.05, 3.63) is 65.0 Å². The summed E-state index contributed by atoms with van der Waals surface area (Å²) in [6, 6.07) is 10.2. The third-order valence-electron chi connectivity index (χ3n) is 6.21. The lowest BCUT2D eigenvalue weighted by Crippen LogP contribution is -2.42. The molecule has 1 aromatic heterocycles. The van der Waals surface area contributed by atoms with Crippen LogP contribution in [0.15, 0.2) is 42.7 Å². The van der Waals surface area contributed by atoms with Crippen LogP contribution in [0.25, 0.3) is 0 Å². The molecule has 0 aliphatic carbocycles. The van der Waals surface area contributed by atoms with Gasteiger partial charge in [0.15, 0.2) is 0 Å². The number of aromatic nitrogens is 1. The van der Waals surface area contributed by atoms with Crippen molar-refractivity contribution in [2.24, 2.45) is 11.8 Å². The van der Waals surface area contributed by atoms with Crippen molar-refractivity contribution in [1.82, 2.24) is 19.7 Å². The molecule has 29 heavy (non-hydrogen) atoms. The van der Waals surface area contributed by atoms with Gasteiger partial charge in [0.05, 0.1) is 11.6 Å². The maximum atomic E-state index is 13.1. The second-order valence-electron chi connectivity index (χ2n) is 8.52. The SMILES string of the molecule is Cc1cncc(C(=O)N2C[C@@H]3CN(C(=O)N(C)C)[C@@H](c4ccccc4C)[C@@H]3C2)c1. The van der Waals surface area contributed by atoms with E-state index in [0.717, 1.165) is 5.56 Å². The van der Waals surface area contributed by atoms with Crippen LogP contribution in [0, 0.1) is 25.7 Å². The van der Waals surface area contributed by atoms with E-state index in [1.807, 2.05) is 34.9 Å². The van der Waals surface area contributed by atoms with Gasteiger partial charge in [0.1, 0.15) is 0 Å². The highest BCUT2D eigenvalue weighted by Gasteiger charge is 2.50. The Hall–Kier alpha value is -2.89. The smallest absolute Gasteiger partial charge is 0.320 e. The summed E-state index contributed by atoms with van der Waals surface area (Å²) in [5, 5.41) is 0. The Balaban J connectivity index is 1.63. The molecular weight excluding hydrogens is 364 g/mol. The summed E-state index contributed by atoms with van der Waals surface area (Å²) in [6.07, 6.45) is 3.40. The fraction of sp³-hybridized carbons (Fsp3) is 0.435. The molecule has 6 heteroatoms. The second-order valence-corrected chi connectivity index (χ2v) is 8.52. The monoisotopic (exact) mass is 392 g/mol. The minimum absolute atomic E-state index is 0.00969. The van der Waals surface area contributed by atoms with Gasteiger partial charge in [-0.05, 0) is 36.6 Å². The largest absolute Gasteiger partial charge is 0.338 e. The van der Waals surface area contributed by atoms with Crippen molar-refractivity contribution in [2.45, 2.75) is 19.9 Å². The number of carbonyl (C=O) groups excluding carboxylic acids is 2. The van der Waals surface area contributed by atoms with Gasteiger partial charge in [-0.15, -0.1) is 0 Å². The van der Waals surface area contributed by atoms with Crippen molar-refractivity contribution in [1.29, 1.82) is 0 Å². The van der Waals surface area contributed by atoms with E-state index in [9.17, 15) is 9.59 Å². The summed E-state index contributed by atoms with van der Waals surface area (Å²) in [4.78, 5) is 35.7. The zero-order chi connectivity index (χ0) is 20.7. The number of carbonyl (C=O) groups is 2. The molecule has 0 unspecified atom stereocenters. The predicted molar refractivity (Wildman–Crippen MR) is 112 cm³/mol. The van der Waals surface area contributed by atoms with Crippen LogP contribution < -0.4 is 0 Å². The third-order valence-corrected chi connectivity index (χ3v) is 6.21. The fourth-order valence-corrected chi connectivity index (χ4v) is 4.84. The van der Waals surface area contributed by atoms with E-state index in [-0.39, 0.29) is 29.8 Å². The summed E-state index contributed by atoms with van der Waals surface area (Å²) in [5.41, 5.74) is 3.98. The number of amides is 3. The first-order valence-corrected chi connectivity index (χ1v) is 10.1. The third kappa shape index (κ3) is 3.48. The molecule has 2 aromatic rings. The average molecular weight is 393 g/mol. The van der Waals surface area contributed by atoms with Gasteiger partial charge < -0.3 is 14.7 Å². The van der Waals surface area contributed by atoms with Gasteiger partial charge in [-0.3, -0.25) is 9.78 Å². The Labute approximate surface area is 172 Å². The Bertz CT molecular complexity index is 942. The summed E-state index contributed by atoms with van der Waals surface area (Å²) < 4.78 is 0. The number of hydrogen-bond acceptors (Lipinski definition) is 3. The number of aryl methyl sites for hydroxylation is 2. The Kier molecular flexibility index (Phi) is 5.03. The maximum Gasteiger partial charge on any atom is 0.320 e. The molecule has 4 rings (SSSR count). The minimum Gasteiger partial charge on any atom is -0.338 e. The number of pyridine rings is 1. The Morgan fingerprint density at radius 3 is 2.52 bits per heavy atom. The zero-order valence-electron chi connectivity index (χ0n) is 17.5. The lowest BCUT2D eigenvalue weighted by atomic mass is 9.88. The molecule has 0 saturated carbocycles. The van der Waals surface area contributed by atoms with Crippen molar-refractivity contribution < 1.29 is 9.59 Å². The van der Waals surface area contributed by atoms with Crippen molar-refractivity contribution in [2.75, 3.05) is 33.7 Å². The molecule has 152 valence electrons. The predicted octanol–water partition coefficient (Wildman–Crippen LogP) is 3.13. The molecule has 0 radical (unpaired) electrons. The average Bonchev–Trinajstić information content (AvgIpc) is 3.25. The number of hydrogen-bond donors (Lipinski definition) is 0. The molecule has 0 bridgehead atoms. The lowest BCUT2D eigenvalue weighted by molar-refractivity contribution is 0.0766. The summed E-state index contributed by atoms with van der Waals surface area (Å²) >= 11 is 0. The Morgan fingerprint density at radius 1 is 1.07 bits per heavy atom. The van der Waals surface area contributed by atoms with Gasteiger partial charge in [0.2, 0.25) is 0 Å². The molecule has 3 heterocycles. The topological polar surface area (TPSA) is 56.8 Å². The number of urea groups is 1. The van der Waals surface area contributed by atoms with Crippen LogP contribution in [-0.4, -0.2) is 65.4 Å². The van der Waals surface area contributed by atoms with Crippen LogP contribution in [0.1, 0.15) is 33.1 Å². The lowest BCUT2D eigenvalue weighted by Gasteiger charge is -2.32. The number of fused-ring (bicyclic) bond motifs is 1. The molecule has 2 saturated heterocycles. The first kappa shape index (κ1) is 19.4. The van der Waals surface area contributed by atoms with Crippen molar-refractivity contribution in [3.8, 4) is 0 Å². The highest BCUT2D eigenvalue weighted by molar-refractivity contribution is 5.94. The quantitative estimate of drug-likeness (QED) is 0.789. The van der Waals surface area contributed by atoms with E-state index in [2.05, 4.69) is 24.0 Å².